The molecule has 1 aliphatic carbocycles. The Morgan fingerprint density at radius 1 is 1.28 bits per heavy atom. The number of benzene rings is 1. The highest BCUT2D eigenvalue weighted by Crippen LogP contribution is 2.38. The molecule has 1 fully saturated rings. The Kier molecular flexibility index (Phi) is 4.96. The topological polar surface area (TPSA) is 46.2 Å². The van der Waals surface area contributed by atoms with E-state index in [1.807, 2.05) is 0 Å². The minimum absolute atomic E-state index is 0.0129. The van der Waals surface area contributed by atoms with Gasteiger partial charge >= 0.3 is 6.18 Å². The predicted molar refractivity (Wildman–Crippen MR) is 93.3 cm³/mol. The molecule has 1 aromatic carbocycles. The molecule has 134 valence electrons. The summed E-state index contributed by atoms with van der Waals surface area (Å²) < 4.78 is 64.6. The van der Waals surface area contributed by atoms with Crippen LogP contribution >= 0.6 is 23.4 Å². The number of hydrogen-bond acceptors (Lipinski definition) is 3. The summed E-state index contributed by atoms with van der Waals surface area (Å²) in [5, 5.41) is 1.07. The summed E-state index contributed by atoms with van der Waals surface area (Å²) in [5.41, 5.74) is 0.322. The van der Waals surface area contributed by atoms with Gasteiger partial charge in [-0.25, -0.2) is 8.42 Å². The molecule has 0 amide bonds. The first-order valence-corrected chi connectivity index (χ1v) is 10.1. The van der Waals surface area contributed by atoms with Gasteiger partial charge in [0, 0.05) is 11.5 Å². The highest BCUT2D eigenvalue weighted by molar-refractivity contribution is 8.18. The maximum absolute atomic E-state index is 12.8. The lowest BCUT2D eigenvalue weighted by atomic mass is 10.1. The van der Waals surface area contributed by atoms with Crippen molar-refractivity contribution in [2.24, 2.45) is 0 Å². The highest BCUT2D eigenvalue weighted by atomic mass is 35.5. The number of nitrogens with one attached hydrogen (secondary N) is 1. The summed E-state index contributed by atoms with van der Waals surface area (Å²) in [4.78, 5) is 0. The molecule has 0 bridgehead atoms. The molecule has 3 nitrogen and oxygen atoms in total. The van der Waals surface area contributed by atoms with E-state index in [2.05, 4.69) is 4.72 Å². The second-order valence-corrected chi connectivity index (χ2v) is 9.39. The summed E-state index contributed by atoms with van der Waals surface area (Å²) in [6.45, 7) is 0. The fourth-order valence-corrected chi connectivity index (χ4v) is 5.86. The Hall–Kier alpha value is -1.38. The fourth-order valence-electron chi connectivity index (χ4n) is 2.47. The van der Waals surface area contributed by atoms with Crippen LogP contribution in [0.25, 0.3) is 0 Å². The van der Waals surface area contributed by atoms with Crippen molar-refractivity contribution in [2.75, 3.05) is 0 Å². The van der Waals surface area contributed by atoms with Gasteiger partial charge in [-0.2, -0.15) is 13.2 Å². The molecule has 1 aliphatic heterocycles. The number of sulfonamides is 1. The van der Waals surface area contributed by atoms with Gasteiger partial charge in [0.2, 0.25) is 10.0 Å². The van der Waals surface area contributed by atoms with Crippen LogP contribution in [0.5, 0.6) is 0 Å². The van der Waals surface area contributed by atoms with Gasteiger partial charge in [-0.1, -0.05) is 53.7 Å². The average Bonchev–Trinajstić information content (AvgIpc) is 2.82. The van der Waals surface area contributed by atoms with E-state index >= 15 is 0 Å². The van der Waals surface area contributed by atoms with Crippen LogP contribution in [0.3, 0.4) is 0 Å². The molecule has 1 unspecified atom stereocenters. The van der Waals surface area contributed by atoms with Crippen LogP contribution in [0.1, 0.15) is 17.5 Å². The number of halogens is 4. The Bertz CT molecular complexity index is 889. The largest absolute Gasteiger partial charge is 0.416 e. The first-order chi connectivity index (χ1) is 11.6. The van der Waals surface area contributed by atoms with Crippen LogP contribution in [0.2, 0.25) is 0 Å². The molecule has 0 aromatic heterocycles. The Morgan fingerprint density at radius 3 is 2.68 bits per heavy atom. The Morgan fingerprint density at radius 2 is 2.04 bits per heavy atom. The van der Waals surface area contributed by atoms with Crippen LogP contribution in [0.15, 0.2) is 58.1 Å². The lowest BCUT2D eigenvalue weighted by molar-refractivity contribution is -0.137. The lowest BCUT2D eigenvalue weighted by Crippen LogP contribution is -2.24. The molecule has 3 rings (SSSR count). The third kappa shape index (κ3) is 4.24. The highest BCUT2D eigenvalue weighted by Gasteiger charge is 2.37. The summed E-state index contributed by atoms with van der Waals surface area (Å²) in [7, 11) is -3.66. The summed E-state index contributed by atoms with van der Waals surface area (Å²) in [5.74, 6) is 0. The molecular weight excluding hydrogens is 395 g/mol. The van der Waals surface area contributed by atoms with E-state index in [0.29, 0.717) is 22.0 Å². The number of hydrogen-bond donors (Lipinski definition) is 1. The summed E-state index contributed by atoms with van der Waals surface area (Å²) >= 11 is 6.96. The van der Waals surface area contributed by atoms with Crippen molar-refractivity contribution in [1.82, 2.24) is 4.72 Å². The molecule has 2 aliphatic rings. The van der Waals surface area contributed by atoms with Crippen molar-refractivity contribution in [3.63, 3.8) is 0 Å². The van der Waals surface area contributed by atoms with Crippen molar-refractivity contribution in [2.45, 2.75) is 23.6 Å². The quantitative estimate of drug-likeness (QED) is 0.783. The van der Waals surface area contributed by atoms with Gasteiger partial charge in [0.25, 0.3) is 0 Å². The third-order valence-electron chi connectivity index (χ3n) is 3.74. The van der Waals surface area contributed by atoms with Crippen LogP contribution in [0, 0.1) is 0 Å². The summed E-state index contributed by atoms with van der Waals surface area (Å²) in [6, 6.07) is 4.74. The Balaban J connectivity index is 1.82. The average molecular weight is 408 g/mol. The molecule has 0 radical (unpaired) electrons. The molecule has 0 spiro atoms. The van der Waals surface area contributed by atoms with Crippen LogP contribution in [-0.2, 0) is 22.6 Å². The van der Waals surface area contributed by atoms with E-state index in [1.165, 1.54) is 12.1 Å². The number of alkyl halides is 3. The van der Waals surface area contributed by atoms with E-state index in [4.69, 9.17) is 11.6 Å². The first-order valence-electron chi connectivity index (χ1n) is 7.26. The van der Waals surface area contributed by atoms with Crippen molar-refractivity contribution in [1.29, 1.82) is 0 Å². The zero-order chi connectivity index (χ0) is 18.2. The van der Waals surface area contributed by atoms with Gasteiger partial charge in [-0.05, 0) is 29.7 Å². The molecule has 1 heterocycles. The van der Waals surface area contributed by atoms with Crippen molar-refractivity contribution in [3.8, 4) is 0 Å². The standard InChI is InChI=1S/C16H13ClF3NO2S2/c17-13-6-4-11(5-7-13)15-21-25(22,23)14(24-15)9-10-2-1-3-12(8-10)16(18,19)20/h1-4,6-8,14,21H,5,9H2. The van der Waals surface area contributed by atoms with Gasteiger partial charge in [0.05, 0.1) is 10.6 Å². The van der Waals surface area contributed by atoms with Gasteiger partial charge < -0.3 is 0 Å². The van der Waals surface area contributed by atoms with Crippen molar-refractivity contribution in [3.05, 3.63) is 69.3 Å². The maximum atomic E-state index is 12.8. The SMILES string of the molecule is O=S1(=O)NC(=C2C=CC(Cl)=CC2)SC1Cc1cccc(C(F)(F)F)c1. The number of allylic oxidation sites excluding steroid dienone is 5. The zero-order valence-electron chi connectivity index (χ0n) is 12.7. The molecule has 1 N–H and O–H groups in total. The monoisotopic (exact) mass is 407 g/mol. The smallest absolute Gasteiger partial charge is 0.276 e. The predicted octanol–water partition coefficient (Wildman–Crippen LogP) is 4.53. The summed E-state index contributed by atoms with van der Waals surface area (Å²) in [6.07, 6.45) is 1.19. The molecule has 25 heavy (non-hydrogen) atoms. The van der Waals surface area contributed by atoms with E-state index < -0.39 is 26.3 Å². The van der Waals surface area contributed by atoms with Crippen LogP contribution < -0.4 is 4.72 Å². The van der Waals surface area contributed by atoms with E-state index in [0.717, 1.165) is 29.5 Å². The van der Waals surface area contributed by atoms with E-state index in [1.54, 1.807) is 18.2 Å². The second-order valence-electron chi connectivity index (χ2n) is 5.58. The van der Waals surface area contributed by atoms with Crippen molar-refractivity contribution < 1.29 is 21.6 Å². The molecule has 0 saturated carbocycles. The Labute approximate surface area is 152 Å². The molecule has 1 aromatic rings. The van der Waals surface area contributed by atoms with E-state index in [-0.39, 0.29) is 6.42 Å². The first kappa shape index (κ1) is 18.4. The molecular formula is C16H13ClF3NO2S2. The maximum Gasteiger partial charge on any atom is 0.416 e. The van der Waals surface area contributed by atoms with Gasteiger partial charge in [0.1, 0.15) is 4.58 Å². The van der Waals surface area contributed by atoms with Gasteiger partial charge in [-0.3, -0.25) is 4.72 Å². The number of thioether (sulfide) groups is 1. The molecule has 9 heteroatoms. The third-order valence-corrected chi connectivity index (χ3v) is 7.57. The zero-order valence-corrected chi connectivity index (χ0v) is 15.1. The molecule has 1 atom stereocenters. The minimum atomic E-state index is -4.46. The minimum Gasteiger partial charge on any atom is -0.276 e. The van der Waals surface area contributed by atoms with E-state index in [9.17, 15) is 21.6 Å². The van der Waals surface area contributed by atoms with Crippen molar-refractivity contribution >= 4 is 33.4 Å². The lowest BCUT2D eigenvalue weighted by Gasteiger charge is -2.11. The molecule has 1 saturated heterocycles. The normalized spacial score (nSPS) is 25.6. The van der Waals surface area contributed by atoms with Gasteiger partial charge in [-0.15, -0.1) is 0 Å². The number of rotatable bonds is 2. The second kappa shape index (κ2) is 6.74. The van der Waals surface area contributed by atoms with Gasteiger partial charge in [0.15, 0.2) is 0 Å². The van der Waals surface area contributed by atoms with Crippen LogP contribution in [-0.4, -0.2) is 13.0 Å². The van der Waals surface area contributed by atoms with Crippen LogP contribution in [0.4, 0.5) is 13.2 Å². The fraction of sp³-hybridized carbons (Fsp3) is 0.250.